The van der Waals surface area contributed by atoms with E-state index in [2.05, 4.69) is 22.5 Å². The second-order valence-corrected chi connectivity index (χ2v) is 4.92. The standard InChI is InChI=1S/C17H21N3O2/c1-3-18-11-14-6-4-7-15(10-14)20-17(21)13(2)22-16-8-5-9-19-12-16/h4-10,12-13,18H,3,11H2,1-2H3,(H,20,21). The van der Waals surface area contributed by atoms with Gasteiger partial charge in [0.2, 0.25) is 0 Å². The van der Waals surface area contributed by atoms with Crippen LogP contribution in [0, 0.1) is 0 Å². The van der Waals surface area contributed by atoms with E-state index in [9.17, 15) is 4.79 Å². The summed E-state index contributed by atoms with van der Waals surface area (Å²) in [6.07, 6.45) is 2.65. The molecular formula is C17H21N3O2. The minimum absolute atomic E-state index is 0.190. The van der Waals surface area contributed by atoms with Crippen LogP contribution in [-0.4, -0.2) is 23.5 Å². The molecule has 22 heavy (non-hydrogen) atoms. The number of nitrogens with zero attached hydrogens (tertiary/aromatic N) is 1. The normalized spacial score (nSPS) is 11.7. The van der Waals surface area contributed by atoms with Crippen LogP contribution in [0.5, 0.6) is 5.75 Å². The van der Waals surface area contributed by atoms with Gasteiger partial charge < -0.3 is 15.4 Å². The van der Waals surface area contributed by atoms with Crippen LogP contribution in [0.15, 0.2) is 48.8 Å². The van der Waals surface area contributed by atoms with E-state index in [0.29, 0.717) is 5.75 Å². The van der Waals surface area contributed by atoms with Gasteiger partial charge in [0.25, 0.3) is 5.91 Å². The summed E-state index contributed by atoms with van der Waals surface area (Å²) in [4.78, 5) is 16.1. The van der Waals surface area contributed by atoms with Gasteiger partial charge in [-0.3, -0.25) is 9.78 Å². The number of pyridine rings is 1. The van der Waals surface area contributed by atoms with Gasteiger partial charge in [0.05, 0.1) is 6.20 Å². The van der Waals surface area contributed by atoms with Gasteiger partial charge >= 0.3 is 0 Å². The quantitative estimate of drug-likeness (QED) is 0.825. The minimum Gasteiger partial charge on any atom is -0.479 e. The lowest BCUT2D eigenvalue weighted by molar-refractivity contribution is -0.122. The molecule has 2 N–H and O–H groups in total. The molecule has 0 fully saturated rings. The van der Waals surface area contributed by atoms with Crippen LogP contribution in [0.25, 0.3) is 0 Å². The lowest BCUT2D eigenvalue weighted by atomic mass is 10.2. The Morgan fingerprint density at radius 3 is 2.91 bits per heavy atom. The molecule has 1 aromatic heterocycles. The first-order chi connectivity index (χ1) is 10.7. The van der Waals surface area contributed by atoms with E-state index in [4.69, 9.17) is 4.74 Å². The molecule has 116 valence electrons. The highest BCUT2D eigenvalue weighted by atomic mass is 16.5. The lowest BCUT2D eigenvalue weighted by Gasteiger charge is -2.15. The highest BCUT2D eigenvalue weighted by Gasteiger charge is 2.15. The average molecular weight is 299 g/mol. The number of ether oxygens (including phenoxy) is 1. The van der Waals surface area contributed by atoms with E-state index >= 15 is 0 Å². The third-order valence-corrected chi connectivity index (χ3v) is 3.09. The number of aromatic nitrogens is 1. The molecule has 2 aromatic rings. The van der Waals surface area contributed by atoms with Crippen LogP contribution in [0.1, 0.15) is 19.4 Å². The highest BCUT2D eigenvalue weighted by Crippen LogP contribution is 2.13. The van der Waals surface area contributed by atoms with Gasteiger partial charge in [-0.15, -0.1) is 0 Å². The zero-order valence-electron chi connectivity index (χ0n) is 12.9. The predicted molar refractivity (Wildman–Crippen MR) is 86.8 cm³/mol. The third-order valence-electron chi connectivity index (χ3n) is 3.09. The number of rotatable bonds is 7. The van der Waals surface area contributed by atoms with Crippen LogP contribution in [0.4, 0.5) is 5.69 Å². The van der Waals surface area contributed by atoms with E-state index in [1.807, 2.05) is 24.3 Å². The molecule has 1 heterocycles. The number of carbonyl (C=O) groups excluding carboxylic acids is 1. The molecule has 5 heteroatoms. The summed E-state index contributed by atoms with van der Waals surface area (Å²) >= 11 is 0. The van der Waals surface area contributed by atoms with E-state index in [-0.39, 0.29) is 5.91 Å². The van der Waals surface area contributed by atoms with Crippen molar-refractivity contribution in [3.63, 3.8) is 0 Å². The second-order valence-electron chi connectivity index (χ2n) is 4.92. The molecular weight excluding hydrogens is 278 g/mol. The van der Waals surface area contributed by atoms with Crippen LogP contribution in [0.3, 0.4) is 0 Å². The molecule has 5 nitrogen and oxygen atoms in total. The number of nitrogens with one attached hydrogen (secondary N) is 2. The van der Waals surface area contributed by atoms with Crippen LogP contribution in [-0.2, 0) is 11.3 Å². The molecule has 1 atom stereocenters. The Bertz CT molecular complexity index is 602. The number of hydrogen-bond donors (Lipinski definition) is 2. The number of anilines is 1. The summed E-state index contributed by atoms with van der Waals surface area (Å²) in [5.41, 5.74) is 1.89. The summed E-state index contributed by atoms with van der Waals surface area (Å²) in [5.74, 6) is 0.385. The van der Waals surface area contributed by atoms with Crippen LogP contribution in [0.2, 0.25) is 0 Å². The maximum absolute atomic E-state index is 12.2. The predicted octanol–water partition coefficient (Wildman–Crippen LogP) is 2.60. The Kier molecular flexibility index (Phi) is 5.91. The highest BCUT2D eigenvalue weighted by molar-refractivity contribution is 5.94. The molecule has 0 aliphatic rings. The van der Waals surface area contributed by atoms with Crippen molar-refractivity contribution in [2.75, 3.05) is 11.9 Å². The van der Waals surface area contributed by atoms with Crippen molar-refractivity contribution < 1.29 is 9.53 Å². The van der Waals surface area contributed by atoms with E-state index in [1.165, 1.54) is 0 Å². The molecule has 0 saturated heterocycles. The molecule has 1 aromatic carbocycles. The lowest BCUT2D eigenvalue weighted by Crippen LogP contribution is -2.30. The fraction of sp³-hybridized carbons (Fsp3) is 0.294. The second kappa shape index (κ2) is 8.14. The molecule has 1 unspecified atom stereocenters. The van der Waals surface area contributed by atoms with Crippen molar-refractivity contribution in [1.82, 2.24) is 10.3 Å². The Labute approximate surface area is 130 Å². The van der Waals surface area contributed by atoms with E-state index in [0.717, 1.165) is 24.3 Å². The van der Waals surface area contributed by atoms with Gasteiger partial charge in [-0.2, -0.15) is 0 Å². The van der Waals surface area contributed by atoms with E-state index < -0.39 is 6.10 Å². The monoisotopic (exact) mass is 299 g/mol. The number of benzene rings is 1. The van der Waals surface area contributed by atoms with Crippen molar-refractivity contribution >= 4 is 11.6 Å². The first kappa shape index (κ1) is 16.0. The first-order valence-corrected chi connectivity index (χ1v) is 7.36. The van der Waals surface area contributed by atoms with Crippen molar-refractivity contribution in [3.05, 3.63) is 54.4 Å². The summed E-state index contributed by atoms with van der Waals surface area (Å²) in [6, 6.07) is 11.3. The third kappa shape index (κ3) is 4.86. The molecule has 1 amide bonds. The zero-order chi connectivity index (χ0) is 15.8. The summed E-state index contributed by atoms with van der Waals surface area (Å²) in [6.45, 7) is 5.46. The van der Waals surface area contributed by atoms with Gasteiger partial charge in [-0.05, 0) is 43.3 Å². The van der Waals surface area contributed by atoms with Crippen molar-refractivity contribution in [2.45, 2.75) is 26.5 Å². The largest absolute Gasteiger partial charge is 0.479 e. The fourth-order valence-corrected chi connectivity index (χ4v) is 1.95. The van der Waals surface area contributed by atoms with Crippen molar-refractivity contribution in [1.29, 1.82) is 0 Å². The molecule has 0 bridgehead atoms. The maximum Gasteiger partial charge on any atom is 0.265 e. The number of hydrogen-bond acceptors (Lipinski definition) is 4. The van der Waals surface area contributed by atoms with E-state index in [1.54, 1.807) is 31.5 Å². The fourth-order valence-electron chi connectivity index (χ4n) is 1.95. The van der Waals surface area contributed by atoms with Gasteiger partial charge in [-0.1, -0.05) is 19.1 Å². The topological polar surface area (TPSA) is 63.2 Å². The first-order valence-electron chi connectivity index (χ1n) is 7.36. The van der Waals surface area contributed by atoms with Gasteiger partial charge in [0, 0.05) is 18.4 Å². The Balaban J connectivity index is 1.93. The molecule has 0 aliphatic heterocycles. The van der Waals surface area contributed by atoms with Gasteiger partial charge in [0.15, 0.2) is 6.10 Å². The number of amides is 1. The molecule has 0 radical (unpaired) electrons. The summed E-state index contributed by atoms with van der Waals surface area (Å²) in [5, 5.41) is 6.12. The smallest absolute Gasteiger partial charge is 0.265 e. The Morgan fingerprint density at radius 2 is 2.18 bits per heavy atom. The molecule has 0 spiro atoms. The van der Waals surface area contributed by atoms with Crippen LogP contribution >= 0.6 is 0 Å². The molecule has 0 saturated carbocycles. The summed E-state index contributed by atoms with van der Waals surface area (Å²) in [7, 11) is 0. The van der Waals surface area contributed by atoms with Crippen molar-refractivity contribution in [3.8, 4) is 5.75 Å². The molecule has 0 aliphatic carbocycles. The Hall–Kier alpha value is -2.40. The zero-order valence-corrected chi connectivity index (χ0v) is 12.9. The van der Waals surface area contributed by atoms with Crippen molar-refractivity contribution in [2.24, 2.45) is 0 Å². The van der Waals surface area contributed by atoms with Gasteiger partial charge in [-0.25, -0.2) is 0 Å². The van der Waals surface area contributed by atoms with Crippen LogP contribution < -0.4 is 15.4 Å². The Morgan fingerprint density at radius 1 is 1.32 bits per heavy atom. The summed E-state index contributed by atoms with van der Waals surface area (Å²) < 4.78 is 5.56. The minimum atomic E-state index is -0.596. The molecule has 2 rings (SSSR count). The number of carbonyl (C=O) groups is 1. The average Bonchev–Trinajstić information content (AvgIpc) is 2.54. The van der Waals surface area contributed by atoms with Gasteiger partial charge in [0.1, 0.15) is 5.75 Å². The maximum atomic E-state index is 12.2. The SMILES string of the molecule is CCNCc1cccc(NC(=O)C(C)Oc2cccnc2)c1.